The number of benzene rings is 1. The van der Waals surface area contributed by atoms with Crippen molar-refractivity contribution >= 4 is 0 Å². The molecule has 1 fully saturated rings. The second kappa shape index (κ2) is 5.54. The molecule has 1 saturated carbocycles. The van der Waals surface area contributed by atoms with Crippen LogP contribution in [0.1, 0.15) is 44.7 Å². The number of hydrogen-bond donors (Lipinski definition) is 1. The minimum Gasteiger partial charge on any atom is -0.490 e. The lowest BCUT2D eigenvalue weighted by molar-refractivity contribution is -0.0697. The Balaban J connectivity index is 2.07. The summed E-state index contributed by atoms with van der Waals surface area (Å²) < 4.78 is 6.26. The van der Waals surface area contributed by atoms with Crippen LogP contribution in [0.15, 0.2) is 18.2 Å². The van der Waals surface area contributed by atoms with Gasteiger partial charge in [-0.1, -0.05) is 26.8 Å². The Hall–Kier alpha value is -1.02. The highest BCUT2D eigenvalue weighted by Gasteiger charge is 2.51. The Morgan fingerprint density at radius 2 is 1.84 bits per heavy atom. The van der Waals surface area contributed by atoms with Gasteiger partial charge in [-0.3, -0.25) is 0 Å². The van der Waals surface area contributed by atoms with Gasteiger partial charge in [0, 0.05) is 17.9 Å². The fourth-order valence-electron chi connectivity index (χ4n) is 3.20. The van der Waals surface area contributed by atoms with Crippen LogP contribution in [0.25, 0.3) is 0 Å². The van der Waals surface area contributed by atoms with Gasteiger partial charge in [0.1, 0.15) is 11.9 Å². The van der Waals surface area contributed by atoms with E-state index in [-0.39, 0.29) is 5.41 Å². The van der Waals surface area contributed by atoms with E-state index in [1.807, 2.05) is 0 Å². The first kappa shape index (κ1) is 14.4. The SMILES string of the molecule is CCNC1CC(Oc2cc(C)cc(C)c2)C1(C)CC. The molecule has 0 aromatic heterocycles. The monoisotopic (exact) mass is 261 g/mol. The summed E-state index contributed by atoms with van der Waals surface area (Å²) in [6.07, 6.45) is 2.61. The van der Waals surface area contributed by atoms with E-state index in [4.69, 9.17) is 4.74 Å². The third-order valence-electron chi connectivity index (χ3n) is 4.67. The van der Waals surface area contributed by atoms with Crippen molar-refractivity contribution in [3.63, 3.8) is 0 Å². The molecule has 0 bridgehead atoms. The van der Waals surface area contributed by atoms with E-state index in [0.717, 1.165) is 25.1 Å². The van der Waals surface area contributed by atoms with Gasteiger partial charge in [0.25, 0.3) is 0 Å². The number of aryl methyl sites for hydroxylation is 2. The van der Waals surface area contributed by atoms with Crippen LogP contribution >= 0.6 is 0 Å². The van der Waals surface area contributed by atoms with E-state index in [1.165, 1.54) is 11.1 Å². The van der Waals surface area contributed by atoms with E-state index in [2.05, 4.69) is 58.1 Å². The molecule has 2 nitrogen and oxygen atoms in total. The number of ether oxygens (including phenoxy) is 1. The topological polar surface area (TPSA) is 21.3 Å². The third-order valence-corrected chi connectivity index (χ3v) is 4.67. The summed E-state index contributed by atoms with van der Waals surface area (Å²) in [5.41, 5.74) is 2.81. The van der Waals surface area contributed by atoms with E-state index in [0.29, 0.717) is 12.1 Å². The summed E-state index contributed by atoms with van der Waals surface area (Å²) in [6.45, 7) is 12.1. The molecule has 0 heterocycles. The van der Waals surface area contributed by atoms with Crippen molar-refractivity contribution in [3.8, 4) is 5.75 Å². The maximum Gasteiger partial charge on any atom is 0.120 e. The van der Waals surface area contributed by atoms with E-state index < -0.39 is 0 Å². The van der Waals surface area contributed by atoms with Crippen LogP contribution in [0.3, 0.4) is 0 Å². The first-order valence-electron chi connectivity index (χ1n) is 7.48. The third kappa shape index (κ3) is 2.79. The van der Waals surface area contributed by atoms with Crippen molar-refractivity contribution in [1.82, 2.24) is 5.32 Å². The molecule has 1 aromatic rings. The molecule has 3 atom stereocenters. The molecule has 1 N–H and O–H groups in total. The molecule has 1 aliphatic carbocycles. The highest BCUT2D eigenvalue weighted by Crippen LogP contribution is 2.46. The second-order valence-corrected chi connectivity index (χ2v) is 6.14. The van der Waals surface area contributed by atoms with Crippen molar-refractivity contribution in [2.24, 2.45) is 5.41 Å². The number of rotatable bonds is 5. The first-order chi connectivity index (χ1) is 8.99. The largest absolute Gasteiger partial charge is 0.490 e. The van der Waals surface area contributed by atoms with Crippen LogP contribution in [0.4, 0.5) is 0 Å². The van der Waals surface area contributed by atoms with Gasteiger partial charge in [-0.25, -0.2) is 0 Å². The zero-order valence-electron chi connectivity index (χ0n) is 12.9. The molecule has 19 heavy (non-hydrogen) atoms. The van der Waals surface area contributed by atoms with Crippen LogP contribution in [-0.4, -0.2) is 18.7 Å². The second-order valence-electron chi connectivity index (χ2n) is 6.14. The van der Waals surface area contributed by atoms with Crippen LogP contribution in [0.2, 0.25) is 0 Å². The van der Waals surface area contributed by atoms with Gasteiger partial charge in [-0.2, -0.15) is 0 Å². The Morgan fingerprint density at radius 1 is 1.21 bits per heavy atom. The minimum absolute atomic E-state index is 0.258. The van der Waals surface area contributed by atoms with Crippen LogP contribution in [0, 0.1) is 19.3 Å². The van der Waals surface area contributed by atoms with E-state index >= 15 is 0 Å². The normalized spacial score (nSPS) is 29.9. The van der Waals surface area contributed by atoms with Crippen molar-refractivity contribution < 1.29 is 4.74 Å². The summed E-state index contributed by atoms with van der Waals surface area (Å²) >= 11 is 0. The molecule has 1 aliphatic rings. The van der Waals surface area contributed by atoms with E-state index in [9.17, 15) is 0 Å². The molecule has 0 amide bonds. The van der Waals surface area contributed by atoms with Gasteiger partial charge < -0.3 is 10.1 Å². The van der Waals surface area contributed by atoms with Gasteiger partial charge >= 0.3 is 0 Å². The lowest BCUT2D eigenvalue weighted by Crippen LogP contribution is -2.63. The molecule has 106 valence electrons. The Labute approximate surface area is 117 Å². The van der Waals surface area contributed by atoms with Crippen molar-refractivity contribution in [1.29, 1.82) is 0 Å². The predicted molar refractivity (Wildman–Crippen MR) is 80.8 cm³/mol. The molecular formula is C17H27NO. The lowest BCUT2D eigenvalue weighted by atomic mass is 9.61. The highest BCUT2D eigenvalue weighted by molar-refractivity contribution is 5.33. The molecule has 0 spiro atoms. The molecule has 3 unspecified atom stereocenters. The van der Waals surface area contributed by atoms with Gasteiger partial charge in [0.05, 0.1) is 0 Å². The van der Waals surface area contributed by atoms with Gasteiger partial charge in [-0.15, -0.1) is 0 Å². The van der Waals surface area contributed by atoms with Crippen LogP contribution in [-0.2, 0) is 0 Å². The summed E-state index contributed by atoms with van der Waals surface area (Å²) in [7, 11) is 0. The van der Waals surface area contributed by atoms with Gasteiger partial charge in [0.2, 0.25) is 0 Å². The summed E-state index contributed by atoms with van der Waals surface area (Å²) in [4.78, 5) is 0. The van der Waals surface area contributed by atoms with Gasteiger partial charge in [0.15, 0.2) is 0 Å². The summed E-state index contributed by atoms with van der Waals surface area (Å²) in [5.74, 6) is 1.03. The average molecular weight is 261 g/mol. The quantitative estimate of drug-likeness (QED) is 0.869. The van der Waals surface area contributed by atoms with Gasteiger partial charge in [-0.05, 0) is 50.1 Å². The van der Waals surface area contributed by atoms with Crippen molar-refractivity contribution in [2.45, 2.75) is 59.6 Å². The molecular weight excluding hydrogens is 234 g/mol. The van der Waals surface area contributed by atoms with Crippen LogP contribution in [0.5, 0.6) is 5.75 Å². The molecule has 0 radical (unpaired) electrons. The maximum atomic E-state index is 6.26. The molecule has 2 rings (SSSR count). The number of hydrogen-bond acceptors (Lipinski definition) is 2. The Kier molecular flexibility index (Phi) is 4.19. The standard InChI is InChI=1S/C17H27NO/c1-6-17(5)15(18-7-2)11-16(17)19-14-9-12(3)8-13(4)10-14/h8-10,15-16,18H,6-7,11H2,1-5H3. The fraction of sp³-hybridized carbons (Fsp3) is 0.647. The van der Waals surface area contributed by atoms with Crippen LogP contribution < -0.4 is 10.1 Å². The minimum atomic E-state index is 0.258. The summed E-state index contributed by atoms with van der Waals surface area (Å²) in [6, 6.07) is 7.07. The Bertz CT molecular complexity index is 423. The zero-order valence-corrected chi connectivity index (χ0v) is 12.9. The molecule has 0 saturated heterocycles. The average Bonchev–Trinajstić information content (AvgIpc) is 2.35. The van der Waals surface area contributed by atoms with Crippen molar-refractivity contribution in [2.75, 3.05) is 6.54 Å². The number of nitrogens with one attached hydrogen (secondary N) is 1. The Morgan fingerprint density at radius 3 is 2.37 bits per heavy atom. The first-order valence-corrected chi connectivity index (χ1v) is 7.48. The highest BCUT2D eigenvalue weighted by atomic mass is 16.5. The molecule has 1 aromatic carbocycles. The smallest absolute Gasteiger partial charge is 0.120 e. The summed E-state index contributed by atoms with van der Waals surface area (Å²) in [5, 5.41) is 3.58. The maximum absolute atomic E-state index is 6.26. The molecule has 2 heteroatoms. The fourth-order valence-corrected chi connectivity index (χ4v) is 3.20. The van der Waals surface area contributed by atoms with Crippen molar-refractivity contribution in [3.05, 3.63) is 29.3 Å². The van der Waals surface area contributed by atoms with E-state index in [1.54, 1.807) is 0 Å². The predicted octanol–water partition coefficient (Wildman–Crippen LogP) is 3.85. The lowest BCUT2D eigenvalue weighted by Gasteiger charge is -2.53. The zero-order chi connectivity index (χ0) is 14.0. The molecule has 0 aliphatic heterocycles.